The predicted molar refractivity (Wildman–Crippen MR) is 172 cm³/mol. The van der Waals surface area contributed by atoms with Crippen LogP contribution in [0, 0.1) is 0 Å². The monoisotopic (exact) mass is 706 g/mol. The first-order chi connectivity index (χ1) is 22.8. The third-order valence-electron chi connectivity index (χ3n) is 5.92. The molecule has 2 heterocycles. The summed E-state index contributed by atoms with van der Waals surface area (Å²) < 4.78 is 79.3. The fourth-order valence-electron chi connectivity index (χ4n) is 3.89. The molecule has 8 N–H and O–H groups in total. The Labute approximate surface area is 273 Å². The van der Waals surface area contributed by atoms with E-state index in [1.807, 2.05) is 0 Å². The van der Waals surface area contributed by atoms with Crippen molar-refractivity contribution in [2.45, 2.75) is 9.79 Å². The van der Waals surface area contributed by atoms with E-state index in [4.69, 9.17) is 19.7 Å². The standard InChI is InChI=1S/C26H30N10O10S2/c1-45-25-33-21(27-9-11-37)31-23(35-25)29-17-7-5-15(19(13-17)47(39,40)41)3-4-16-6-8-18(14-20(16)48(42,43)44)30-24-32-22(28-10-12-38)34-26(36-24)46-2/h3-8,13-14,37-38H,9-12H2,1-2H3,(H,39,40,41)(H,42,43,44)(H2,27,29,31,33,35)(H2,28,30,32,34,36)/b4-3+. The molecule has 0 unspecified atom stereocenters. The van der Waals surface area contributed by atoms with E-state index in [2.05, 4.69) is 51.2 Å². The summed E-state index contributed by atoms with van der Waals surface area (Å²) in [5, 5.41) is 29.2. The van der Waals surface area contributed by atoms with Crippen molar-refractivity contribution in [1.82, 2.24) is 29.9 Å². The van der Waals surface area contributed by atoms with Crippen molar-refractivity contribution in [3.8, 4) is 12.0 Å². The normalized spacial score (nSPS) is 11.7. The van der Waals surface area contributed by atoms with Gasteiger partial charge >= 0.3 is 12.0 Å². The summed E-state index contributed by atoms with van der Waals surface area (Å²) in [5.41, 5.74) is 0.204. The number of ether oxygens (including phenoxy) is 2. The van der Waals surface area contributed by atoms with Crippen molar-refractivity contribution >= 4 is 67.6 Å². The van der Waals surface area contributed by atoms with E-state index < -0.39 is 30.0 Å². The van der Waals surface area contributed by atoms with Gasteiger partial charge in [-0.3, -0.25) is 9.11 Å². The Bertz CT molecular complexity index is 1870. The SMILES string of the molecule is COc1nc(NCCO)nc(Nc2ccc(/C=C/c3ccc(Nc4nc(NCCO)nc(OC)n4)cc3S(=O)(=O)O)c(S(=O)(=O)O)c2)n1. The van der Waals surface area contributed by atoms with E-state index in [1.165, 1.54) is 50.6 Å². The maximum atomic E-state index is 12.3. The molecular formula is C26H30N10O10S2. The first-order valence-electron chi connectivity index (χ1n) is 13.6. The smallest absolute Gasteiger partial charge is 0.322 e. The second-order valence-corrected chi connectivity index (χ2v) is 12.1. The van der Waals surface area contributed by atoms with Gasteiger partial charge < -0.3 is 41.0 Å². The number of rotatable bonds is 16. The predicted octanol–water partition coefficient (Wildman–Crippen LogP) is 1.03. The molecule has 0 saturated carbocycles. The van der Waals surface area contributed by atoms with Crippen molar-refractivity contribution in [2.24, 2.45) is 0 Å². The van der Waals surface area contributed by atoms with Crippen LogP contribution >= 0.6 is 0 Å². The highest BCUT2D eigenvalue weighted by atomic mass is 32.2. The molecule has 0 aliphatic rings. The Morgan fingerprint density at radius 2 is 1.00 bits per heavy atom. The van der Waals surface area contributed by atoms with Crippen LogP contribution < -0.4 is 30.7 Å². The van der Waals surface area contributed by atoms with Crippen molar-refractivity contribution in [2.75, 3.05) is 61.8 Å². The molecule has 0 aliphatic heterocycles. The summed E-state index contributed by atoms with van der Waals surface area (Å²) in [6.45, 7) is -0.119. The maximum Gasteiger partial charge on any atom is 0.322 e. The number of methoxy groups -OCH3 is 2. The van der Waals surface area contributed by atoms with E-state index in [9.17, 15) is 25.9 Å². The van der Waals surface area contributed by atoms with Gasteiger partial charge in [-0.2, -0.15) is 46.7 Å². The zero-order chi connectivity index (χ0) is 34.9. The van der Waals surface area contributed by atoms with Gasteiger partial charge in [-0.25, -0.2) is 0 Å². The van der Waals surface area contributed by atoms with Crippen LogP contribution in [0.5, 0.6) is 12.0 Å². The highest BCUT2D eigenvalue weighted by Gasteiger charge is 2.19. The molecule has 2 aromatic carbocycles. The van der Waals surface area contributed by atoms with E-state index in [0.717, 1.165) is 12.1 Å². The number of anilines is 6. The minimum absolute atomic E-state index is 0.0368. The largest absolute Gasteiger partial charge is 0.467 e. The summed E-state index contributed by atoms with van der Waals surface area (Å²) >= 11 is 0. The summed E-state index contributed by atoms with van der Waals surface area (Å²) in [6, 6.07) is 7.56. The van der Waals surface area contributed by atoms with E-state index in [1.54, 1.807) is 0 Å². The molecule has 22 heteroatoms. The van der Waals surface area contributed by atoms with Crippen molar-refractivity contribution < 1.29 is 45.6 Å². The number of hydrogen-bond donors (Lipinski definition) is 8. The second-order valence-electron chi connectivity index (χ2n) is 9.28. The fourth-order valence-corrected chi connectivity index (χ4v) is 5.30. The van der Waals surface area contributed by atoms with Gasteiger partial charge in [0.05, 0.1) is 27.4 Å². The highest BCUT2D eigenvalue weighted by Crippen LogP contribution is 2.28. The number of aliphatic hydroxyl groups is 2. The molecule has 0 radical (unpaired) electrons. The first-order valence-corrected chi connectivity index (χ1v) is 16.5. The number of hydrogen-bond acceptors (Lipinski definition) is 18. The van der Waals surface area contributed by atoms with Crippen LogP contribution in [-0.2, 0) is 20.2 Å². The minimum atomic E-state index is -4.82. The molecule has 0 bridgehead atoms. The van der Waals surface area contributed by atoms with Gasteiger partial charge in [-0.15, -0.1) is 0 Å². The minimum Gasteiger partial charge on any atom is -0.467 e. The molecule has 4 aromatic rings. The number of aliphatic hydroxyl groups excluding tert-OH is 2. The van der Waals surface area contributed by atoms with Crippen LogP contribution in [0.25, 0.3) is 12.2 Å². The van der Waals surface area contributed by atoms with E-state index >= 15 is 0 Å². The fraction of sp³-hybridized carbons (Fsp3) is 0.231. The Hall–Kier alpha value is -5.26. The Morgan fingerprint density at radius 1 is 0.625 bits per heavy atom. The topological polar surface area (TPSA) is 293 Å². The van der Waals surface area contributed by atoms with Crippen LogP contribution in [0.15, 0.2) is 46.2 Å². The Morgan fingerprint density at radius 3 is 1.33 bits per heavy atom. The van der Waals surface area contributed by atoms with Gasteiger partial charge in [0.1, 0.15) is 9.79 Å². The number of benzene rings is 2. The van der Waals surface area contributed by atoms with Crippen LogP contribution in [0.3, 0.4) is 0 Å². The lowest BCUT2D eigenvalue weighted by molar-refractivity contribution is 0.310. The zero-order valence-electron chi connectivity index (χ0n) is 25.2. The Kier molecular flexibility index (Phi) is 11.5. The summed E-state index contributed by atoms with van der Waals surface area (Å²) in [4.78, 5) is 23.2. The lowest BCUT2D eigenvalue weighted by Crippen LogP contribution is -2.11. The summed E-state index contributed by atoms with van der Waals surface area (Å²) in [7, 11) is -6.98. The molecule has 48 heavy (non-hydrogen) atoms. The number of nitrogens with one attached hydrogen (secondary N) is 4. The van der Waals surface area contributed by atoms with Crippen molar-refractivity contribution in [3.05, 3.63) is 47.5 Å². The van der Waals surface area contributed by atoms with Crippen LogP contribution in [0.1, 0.15) is 11.1 Å². The molecule has 2 aromatic heterocycles. The van der Waals surface area contributed by atoms with Crippen LogP contribution in [-0.4, -0.2) is 107 Å². The van der Waals surface area contributed by atoms with Gasteiger partial charge in [0.25, 0.3) is 20.2 Å². The number of nitrogens with zero attached hydrogens (tertiary/aromatic N) is 6. The first kappa shape index (κ1) is 35.6. The molecule has 20 nitrogen and oxygen atoms in total. The molecule has 256 valence electrons. The summed E-state index contributed by atoms with van der Waals surface area (Å²) in [6.07, 6.45) is 2.45. The Balaban J connectivity index is 1.65. The van der Waals surface area contributed by atoms with Crippen molar-refractivity contribution in [1.29, 1.82) is 0 Å². The van der Waals surface area contributed by atoms with Crippen LogP contribution in [0.2, 0.25) is 0 Å². The summed E-state index contributed by atoms with van der Waals surface area (Å²) in [5.74, 6) is 0.0338. The molecule has 0 atom stereocenters. The molecule has 0 spiro atoms. The number of aromatic nitrogens is 6. The van der Waals surface area contributed by atoms with Gasteiger partial charge in [-0.05, 0) is 35.4 Å². The van der Waals surface area contributed by atoms with Gasteiger partial charge in [0, 0.05) is 24.5 Å². The average Bonchev–Trinajstić information content (AvgIpc) is 3.05. The molecule has 0 amide bonds. The molecule has 0 fully saturated rings. The quantitative estimate of drug-likeness (QED) is 0.0596. The van der Waals surface area contributed by atoms with Gasteiger partial charge in [0.15, 0.2) is 0 Å². The maximum absolute atomic E-state index is 12.3. The van der Waals surface area contributed by atoms with Gasteiger partial charge in [0.2, 0.25) is 23.8 Å². The van der Waals surface area contributed by atoms with Crippen molar-refractivity contribution in [3.63, 3.8) is 0 Å². The molecule has 0 aliphatic carbocycles. The molecular weight excluding hydrogens is 676 g/mol. The highest BCUT2D eigenvalue weighted by molar-refractivity contribution is 7.86. The molecule has 4 rings (SSSR count). The zero-order valence-corrected chi connectivity index (χ0v) is 26.8. The van der Waals surface area contributed by atoms with E-state index in [-0.39, 0.29) is 84.6 Å². The second kappa shape index (κ2) is 15.6. The lowest BCUT2D eigenvalue weighted by atomic mass is 10.1. The third kappa shape index (κ3) is 9.63. The third-order valence-corrected chi connectivity index (χ3v) is 7.74. The molecule has 0 saturated heterocycles. The average molecular weight is 707 g/mol. The lowest BCUT2D eigenvalue weighted by Gasteiger charge is -2.12. The van der Waals surface area contributed by atoms with Crippen LogP contribution in [0.4, 0.5) is 35.2 Å². The van der Waals surface area contributed by atoms with Gasteiger partial charge in [-0.1, -0.05) is 24.3 Å². The van der Waals surface area contributed by atoms with E-state index in [0.29, 0.717) is 0 Å².